The van der Waals surface area contributed by atoms with Crippen LogP contribution < -0.4 is 5.32 Å². The molecule has 1 saturated heterocycles. The maximum Gasteiger partial charge on any atom is 0.0476 e. The molecular formula is C13H27NOS. The summed E-state index contributed by atoms with van der Waals surface area (Å²) in [7, 11) is 0. The van der Waals surface area contributed by atoms with Crippen molar-refractivity contribution in [3.8, 4) is 0 Å². The first kappa shape index (κ1) is 14.3. The van der Waals surface area contributed by atoms with Gasteiger partial charge in [0.1, 0.15) is 0 Å². The predicted octanol–water partition coefficient (Wildman–Crippen LogP) is 2.92. The average Bonchev–Trinajstić information content (AvgIpc) is 2.34. The normalized spacial score (nSPS) is 21.9. The second kappa shape index (κ2) is 8.37. The molecule has 0 aliphatic carbocycles. The molecule has 1 N–H and O–H groups in total. The van der Waals surface area contributed by atoms with E-state index in [0.717, 1.165) is 30.9 Å². The lowest BCUT2D eigenvalue weighted by molar-refractivity contribution is 0.1000. The Kier molecular flexibility index (Phi) is 7.50. The van der Waals surface area contributed by atoms with E-state index in [2.05, 4.69) is 37.8 Å². The third-order valence-corrected chi connectivity index (χ3v) is 4.97. The number of hydrogen-bond acceptors (Lipinski definition) is 3. The Morgan fingerprint density at radius 2 is 2.00 bits per heavy atom. The fourth-order valence-corrected chi connectivity index (χ4v) is 3.51. The lowest BCUT2D eigenvalue weighted by atomic mass is 10.0. The molecule has 0 aromatic rings. The summed E-state index contributed by atoms with van der Waals surface area (Å²) in [6, 6.07) is 0.683. The summed E-state index contributed by atoms with van der Waals surface area (Å²) in [5.74, 6) is 2.04. The Hall–Kier alpha value is 0.270. The molecular weight excluding hydrogens is 218 g/mol. The molecule has 96 valence electrons. The van der Waals surface area contributed by atoms with Crippen LogP contribution in [0.3, 0.4) is 0 Å². The molecule has 0 aromatic heterocycles. The van der Waals surface area contributed by atoms with Gasteiger partial charge in [-0.3, -0.25) is 0 Å². The zero-order valence-electron chi connectivity index (χ0n) is 11.0. The number of thioether (sulfide) groups is 1. The molecule has 2 atom stereocenters. The fraction of sp³-hybridized carbons (Fsp3) is 1.00. The molecule has 1 rings (SSSR count). The van der Waals surface area contributed by atoms with E-state index in [9.17, 15) is 0 Å². The van der Waals surface area contributed by atoms with Crippen LogP contribution >= 0.6 is 11.8 Å². The Bertz CT molecular complexity index is 171. The van der Waals surface area contributed by atoms with Crippen molar-refractivity contribution >= 4 is 11.8 Å². The molecule has 0 radical (unpaired) electrons. The van der Waals surface area contributed by atoms with Crippen molar-refractivity contribution in [2.24, 2.45) is 5.92 Å². The first-order valence-corrected chi connectivity index (χ1v) is 7.75. The van der Waals surface area contributed by atoms with Crippen LogP contribution in [0.2, 0.25) is 0 Å². The number of hydrogen-bond donors (Lipinski definition) is 1. The molecule has 0 saturated carbocycles. The quantitative estimate of drug-likeness (QED) is 0.745. The van der Waals surface area contributed by atoms with E-state index in [4.69, 9.17) is 4.74 Å². The van der Waals surface area contributed by atoms with Crippen LogP contribution in [0.5, 0.6) is 0 Å². The highest BCUT2D eigenvalue weighted by molar-refractivity contribution is 7.99. The predicted molar refractivity (Wildman–Crippen MR) is 73.2 cm³/mol. The monoisotopic (exact) mass is 245 g/mol. The zero-order chi connectivity index (χ0) is 11.8. The van der Waals surface area contributed by atoms with Crippen LogP contribution in [-0.4, -0.2) is 36.8 Å². The number of ether oxygens (including phenoxy) is 1. The summed E-state index contributed by atoms with van der Waals surface area (Å²) in [5.41, 5.74) is 0. The SMILES string of the molecule is CCNC(CSC1CCOCC1)C(C)CC. The van der Waals surface area contributed by atoms with E-state index < -0.39 is 0 Å². The van der Waals surface area contributed by atoms with Gasteiger partial charge in [0.05, 0.1) is 0 Å². The third kappa shape index (κ3) is 5.07. The maximum atomic E-state index is 5.39. The van der Waals surface area contributed by atoms with Gasteiger partial charge < -0.3 is 10.1 Å². The van der Waals surface area contributed by atoms with Gasteiger partial charge in [0.15, 0.2) is 0 Å². The smallest absolute Gasteiger partial charge is 0.0476 e. The maximum absolute atomic E-state index is 5.39. The molecule has 1 aliphatic heterocycles. The van der Waals surface area contributed by atoms with E-state index in [1.165, 1.54) is 25.0 Å². The lowest BCUT2D eigenvalue weighted by Gasteiger charge is -2.27. The molecule has 2 nitrogen and oxygen atoms in total. The average molecular weight is 245 g/mol. The molecule has 1 fully saturated rings. The standard InChI is InChI=1S/C13H27NOS/c1-4-11(3)13(14-5-2)10-16-12-6-8-15-9-7-12/h11-14H,4-10H2,1-3H3. The summed E-state index contributed by atoms with van der Waals surface area (Å²) in [5, 5.41) is 4.45. The summed E-state index contributed by atoms with van der Waals surface area (Å²) in [6.07, 6.45) is 3.75. The second-order valence-corrected chi connectivity index (χ2v) is 6.03. The van der Waals surface area contributed by atoms with E-state index in [0.29, 0.717) is 6.04 Å². The molecule has 0 spiro atoms. The summed E-state index contributed by atoms with van der Waals surface area (Å²) in [6.45, 7) is 9.86. The van der Waals surface area contributed by atoms with Crippen molar-refractivity contribution in [1.29, 1.82) is 0 Å². The van der Waals surface area contributed by atoms with Crippen LogP contribution in [0.1, 0.15) is 40.0 Å². The molecule has 0 bridgehead atoms. The number of rotatable bonds is 7. The second-order valence-electron chi connectivity index (χ2n) is 4.69. The Balaban J connectivity index is 2.24. The van der Waals surface area contributed by atoms with Gasteiger partial charge >= 0.3 is 0 Å². The van der Waals surface area contributed by atoms with Gasteiger partial charge in [-0.1, -0.05) is 27.2 Å². The largest absolute Gasteiger partial charge is 0.381 e. The Morgan fingerprint density at radius 3 is 2.56 bits per heavy atom. The zero-order valence-corrected chi connectivity index (χ0v) is 11.8. The first-order chi connectivity index (χ1) is 7.77. The van der Waals surface area contributed by atoms with E-state index in [1.807, 2.05) is 0 Å². The van der Waals surface area contributed by atoms with Gasteiger partial charge in [-0.05, 0) is 25.3 Å². The third-order valence-electron chi connectivity index (χ3n) is 3.48. The highest BCUT2D eigenvalue weighted by atomic mass is 32.2. The molecule has 0 aromatic carbocycles. The van der Waals surface area contributed by atoms with Gasteiger partial charge in [-0.15, -0.1) is 0 Å². The van der Waals surface area contributed by atoms with Crippen molar-refractivity contribution in [3.05, 3.63) is 0 Å². The van der Waals surface area contributed by atoms with Crippen LogP contribution in [-0.2, 0) is 4.74 Å². The molecule has 16 heavy (non-hydrogen) atoms. The molecule has 1 heterocycles. The van der Waals surface area contributed by atoms with Crippen molar-refractivity contribution < 1.29 is 4.74 Å². The van der Waals surface area contributed by atoms with E-state index in [1.54, 1.807) is 0 Å². The summed E-state index contributed by atoms with van der Waals surface area (Å²) < 4.78 is 5.39. The van der Waals surface area contributed by atoms with Crippen LogP contribution in [0, 0.1) is 5.92 Å². The van der Waals surface area contributed by atoms with Crippen LogP contribution in [0.25, 0.3) is 0 Å². The highest BCUT2D eigenvalue weighted by Crippen LogP contribution is 2.24. The van der Waals surface area contributed by atoms with Gasteiger partial charge in [0.25, 0.3) is 0 Å². The Morgan fingerprint density at radius 1 is 1.31 bits per heavy atom. The molecule has 3 heteroatoms. The summed E-state index contributed by atoms with van der Waals surface area (Å²) in [4.78, 5) is 0. The van der Waals surface area contributed by atoms with E-state index >= 15 is 0 Å². The van der Waals surface area contributed by atoms with Crippen molar-refractivity contribution in [3.63, 3.8) is 0 Å². The Labute approximate surface area is 105 Å². The molecule has 1 aliphatic rings. The minimum absolute atomic E-state index is 0.683. The van der Waals surface area contributed by atoms with Crippen molar-refractivity contribution in [2.45, 2.75) is 51.3 Å². The first-order valence-electron chi connectivity index (χ1n) is 6.70. The van der Waals surface area contributed by atoms with Gasteiger partial charge in [0.2, 0.25) is 0 Å². The minimum atomic E-state index is 0.683. The number of nitrogens with one attached hydrogen (secondary N) is 1. The topological polar surface area (TPSA) is 21.3 Å². The minimum Gasteiger partial charge on any atom is -0.381 e. The van der Waals surface area contributed by atoms with Crippen molar-refractivity contribution in [2.75, 3.05) is 25.5 Å². The van der Waals surface area contributed by atoms with Gasteiger partial charge in [-0.2, -0.15) is 11.8 Å². The van der Waals surface area contributed by atoms with E-state index in [-0.39, 0.29) is 0 Å². The lowest BCUT2D eigenvalue weighted by Crippen LogP contribution is -2.37. The van der Waals surface area contributed by atoms with Gasteiger partial charge in [0, 0.05) is 30.3 Å². The van der Waals surface area contributed by atoms with Crippen LogP contribution in [0.15, 0.2) is 0 Å². The van der Waals surface area contributed by atoms with Gasteiger partial charge in [-0.25, -0.2) is 0 Å². The van der Waals surface area contributed by atoms with Crippen LogP contribution in [0.4, 0.5) is 0 Å². The fourth-order valence-electron chi connectivity index (χ4n) is 2.05. The van der Waals surface area contributed by atoms with Crippen molar-refractivity contribution in [1.82, 2.24) is 5.32 Å². The highest BCUT2D eigenvalue weighted by Gasteiger charge is 2.19. The summed E-state index contributed by atoms with van der Waals surface area (Å²) >= 11 is 2.15. The molecule has 2 unspecified atom stereocenters. The molecule has 0 amide bonds.